The summed E-state index contributed by atoms with van der Waals surface area (Å²) in [4.78, 5) is 71.5. The lowest BCUT2D eigenvalue weighted by atomic mass is 10.0. The zero-order chi connectivity index (χ0) is 108. The van der Waals surface area contributed by atoms with Gasteiger partial charge in [0.25, 0.3) is 0 Å². The van der Waals surface area contributed by atoms with Gasteiger partial charge in [-0.05, 0) is 221 Å². The lowest BCUT2D eigenvalue weighted by Gasteiger charge is -2.37. The van der Waals surface area contributed by atoms with Gasteiger partial charge in [0.05, 0.1) is 88.5 Å². The summed E-state index contributed by atoms with van der Waals surface area (Å²) in [6.07, 6.45) is -0.640. The Hall–Kier alpha value is -7.65. The monoisotopic (exact) mass is 2700 g/mol. The molecule has 0 aliphatic carbocycles. The highest BCUT2D eigenvalue weighted by molar-refractivity contribution is 9.12. The van der Waals surface area contributed by atoms with E-state index in [0.29, 0.717) is 75.3 Å². The lowest BCUT2D eigenvalue weighted by Crippen LogP contribution is -2.44. The number of epoxide rings is 1. The molecule has 6 fully saturated rings. The molecule has 6 saturated heterocycles. The van der Waals surface area contributed by atoms with E-state index >= 15 is 0 Å². The van der Waals surface area contributed by atoms with Crippen molar-refractivity contribution in [2.75, 3.05) is 116 Å². The van der Waals surface area contributed by atoms with Crippen LogP contribution in [0.5, 0.6) is 0 Å². The van der Waals surface area contributed by atoms with Crippen LogP contribution in [0.15, 0.2) is 351 Å². The molecule has 0 saturated carbocycles. The van der Waals surface area contributed by atoms with Crippen LogP contribution in [0.25, 0.3) is 0 Å². The number of hydrogen-bond acceptors (Lipinski definition) is 19. The van der Waals surface area contributed by atoms with E-state index in [1.807, 2.05) is 247 Å². The van der Waals surface area contributed by atoms with E-state index < -0.39 is 23.4 Å². The SMILES string of the molecule is Brc1ccc([C@H]2CNCCO2)cc1.Brc1ccc([C@H]2CO2)cc1.CC(C)(C)OC(=O)N1CCO[C@@H](c2ccc(Br)cc2)C1.CC(C)(C)OC(=O)N1CCO[C@@H](c2ccccc2)C1.C[C@@H](NC[C@@H](O)c1ccc(Br)cc1)c1ccccc1.C[C@H](c1ccccc1)N1CCO[C@@H](c2ccc(Br)cc2)C1.C[C@H](c1ccccc1)N1C[C@H](c2ccc(Br)cc2)OCC1=O.Cl.O=C(CBr)c1ccc(Br)cc1.O=C=O.O[C@H](CBr)c1ccc(Br)cc1. The number of nitrogens with one attached hydrogen (secondary N) is 2. The van der Waals surface area contributed by atoms with E-state index in [-0.39, 0.29) is 91.6 Å². The predicted molar refractivity (Wildman–Crippen MR) is 630 cm³/mol. The third-order valence-electron chi connectivity index (χ3n) is 23.7. The summed E-state index contributed by atoms with van der Waals surface area (Å²) in [5.41, 5.74) is 12.5. The van der Waals surface area contributed by atoms with Gasteiger partial charge in [-0.3, -0.25) is 14.5 Å². The molecular weight excluding hydrogens is 2580 g/mol. The first-order valence-corrected chi connectivity index (χ1v) is 57.4. The van der Waals surface area contributed by atoms with Crippen molar-refractivity contribution in [2.24, 2.45) is 0 Å². The van der Waals surface area contributed by atoms with E-state index in [9.17, 15) is 29.4 Å². The fourth-order valence-corrected chi connectivity index (χ4v) is 18.3. The van der Waals surface area contributed by atoms with Gasteiger partial charge in [-0.2, -0.15) is 9.59 Å². The maximum atomic E-state index is 12.2. The number of amides is 3. The molecule has 11 atom stereocenters. The Morgan fingerprint density at radius 3 is 1.08 bits per heavy atom. The average Bonchev–Trinajstić information content (AvgIpc) is 1.01. The van der Waals surface area contributed by atoms with Crippen LogP contribution in [-0.4, -0.2) is 187 Å². The second-order valence-corrected chi connectivity index (χ2v) is 45.5. The van der Waals surface area contributed by atoms with E-state index in [1.54, 1.807) is 21.9 Å². The summed E-state index contributed by atoms with van der Waals surface area (Å²) in [5.74, 6) is 0.155. The van der Waals surface area contributed by atoms with Crippen LogP contribution in [0.3, 0.4) is 0 Å². The minimum absolute atomic E-state index is 0. The minimum Gasteiger partial charge on any atom is -0.444 e. The number of carbonyl (C=O) groups excluding carboxylic acids is 6. The summed E-state index contributed by atoms with van der Waals surface area (Å²) in [6.45, 7) is 28.5. The second kappa shape index (κ2) is 68.0. The number of alkyl halides is 2. The number of ketones is 1. The third kappa shape index (κ3) is 46.8. The number of aliphatic hydroxyl groups excluding tert-OH is 2. The van der Waals surface area contributed by atoms with Gasteiger partial charge in [0.2, 0.25) is 5.91 Å². The normalized spacial score (nSPS) is 18.1. The molecule has 6 aliphatic heterocycles. The van der Waals surface area contributed by atoms with Crippen LogP contribution in [0, 0.1) is 0 Å². The Bertz CT molecular complexity index is 5920. The molecule has 3 amide bonds. The van der Waals surface area contributed by atoms with Gasteiger partial charge in [-0.15, -0.1) is 12.4 Å². The van der Waals surface area contributed by atoms with Gasteiger partial charge in [-0.25, -0.2) is 9.59 Å². The average molecular weight is 2710 g/mol. The zero-order valence-corrected chi connectivity index (χ0v) is 102. The molecule has 4 N–H and O–H groups in total. The molecule has 12 aromatic rings. The van der Waals surface area contributed by atoms with Gasteiger partial charge in [0.15, 0.2) is 5.78 Å². The number of Topliss-reactive ketones (excluding diaryl/α,β-unsaturated/α-hetero) is 1. The predicted octanol–water partition coefficient (Wildman–Crippen LogP) is 29.7. The summed E-state index contributed by atoms with van der Waals surface area (Å²) < 4.78 is 53.2. The van der Waals surface area contributed by atoms with Gasteiger partial charge >= 0.3 is 18.3 Å². The topological polar surface area (TPSA) is 257 Å². The van der Waals surface area contributed by atoms with Crippen molar-refractivity contribution in [1.82, 2.24) is 30.2 Å². The number of halogens is 11. The second-order valence-electron chi connectivity index (χ2n) is 37.0. The van der Waals surface area contributed by atoms with E-state index in [1.165, 1.54) is 27.8 Å². The van der Waals surface area contributed by atoms with Crippen molar-refractivity contribution in [1.29, 1.82) is 0 Å². The highest BCUT2D eigenvalue weighted by atomic mass is 79.9. The van der Waals surface area contributed by atoms with Crippen molar-refractivity contribution in [3.8, 4) is 0 Å². The van der Waals surface area contributed by atoms with Crippen LogP contribution in [0.1, 0.15) is 201 Å². The van der Waals surface area contributed by atoms with Crippen LogP contribution in [0.2, 0.25) is 0 Å². The van der Waals surface area contributed by atoms with E-state index in [0.717, 1.165) is 121 Å². The first kappa shape index (κ1) is 128. The van der Waals surface area contributed by atoms with Crippen LogP contribution in [0.4, 0.5) is 9.59 Å². The molecular formula is C117H131Br10ClN6O16. The van der Waals surface area contributed by atoms with Crippen LogP contribution < -0.4 is 10.6 Å². The Kier molecular flexibility index (Phi) is 57.8. The van der Waals surface area contributed by atoms with E-state index in [2.05, 4.69) is 299 Å². The number of hydrogen-bond donors (Lipinski definition) is 4. The molecule has 22 nitrogen and oxygen atoms in total. The molecule has 0 aromatic heterocycles. The fraction of sp³-hybridized carbons (Fsp3) is 0.342. The Morgan fingerprint density at radius 1 is 0.393 bits per heavy atom. The molecule has 150 heavy (non-hydrogen) atoms. The summed E-state index contributed by atoms with van der Waals surface area (Å²) in [7, 11) is 0. The molecule has 33 heteroatoms. The molecule has 0 spiro atoms. The first-order valence-electron chi connectivity index (χ1n) is 48.8. The third-order valence-corrected chi connectivity index (χ3v) is 29.1. The molecule has 6 aliphatic rings. The highest BCUT2D eigenvalue weighted by Crippen LogP contribution is 2.36. The van der Waals surface area contributed by atoms with Gasteiger partial charge in [0, 0.05) is 105 Å². The largest absolute Gasteiger partial charge is 0.444 e. The van der Waals surface area contributed by atoms with Gasteiger partial charge in [-0.1, -0.05) is 378 Å². The standard InChI is InChI=1S/C18H18BrNO2.C18H20BrNO.C16H18BrNO.C15H20BrNO3.C15H21NO3.C10H12BrNO.C8H8Br2O.C8H6Br2O.C8H7BrO.CO2.ClH/c1-13(14-5-3-2-4-6-14)20-11-17(22-12-18(20)21)15-7-9-16(19)10-8-15;1-14(15-5-3-2-4-6-15)20-11-12-21-18(13-20)16-7-9-17(19)10-8-16;1-12(13-5-3-2-4-6-13)18-11-16(19)14-7-9-15(17)10-8-14;1-15(2,3)20-14(18)17-8-9-19-13(10-17)11-4-6-12(16)7-5-11;1-15(2,3)19-14(17)16-9-10-18-13(11-16)12-7-5-4-6-8-12;11-9-3-1-8(2-4-9)10-7-12-5-6-13-10;2*9-5-8(11)6-1-3-7(10)4-2-6;9-7-3-1-6(2-4-7)8-5-10-8;2-1-3;/h2-10,13,17H,11-12H2,1H3;2-10,14,18H,11-13H2,1H3;2-10,12,16,18-19H,11H2,1H3;4-7,13H,8-10H2,1-3H3;4-8,13H,9-11H2,1-3H3;1-4,10,12H,5-7H2;1-4,8,11H,5H2;1-4H,5H2;1-4,8H,5H2;;1H/t13-,17-;14-,18-;12-,16-;2*13-;10-;8-;;8-;;/m1111111.1../s1. The number of aliphatic hydroxyl groups is 2. The fourth-order valence-electron chi connectivity index (χ4n) is 15.4. The maximum absolute atomic E-state index is 12.2. The molecule has 802 valence electrons. The van der Waals surface area contributed by atoms with Crippen molar-refractivity contribution in [3.05, 3.63) is 418 Å². The minimum atomic E-state index is -0.487. The number of benzene rings is 12. The van der Waals surface area contributed by atoms with Crippen molar-refractivity contribution in [2.45, 2.75) is 140 Å². The molecule has 0 radical (unpaired) electrons. The summed E-state index contributed by atoms with van der Waals surface area (Å²) in [6, 6.07) is 105. The highest BCUT2D eigenvalue weighted by Gasteiger charge is 2.35. The molecule has 18 rings (SSSR count). The van der Waals surface area contributed by atoms with E-state index in [4.69, 9.17) is 47.5 Å². The van der Waals surface area contributed by atoms with Gasteiger partial charge < -0.3 is 73.4 Å². The number of ether oxygens (including phenoxy) is 8. The number of rotatable bonds is 19. The van der Waals surface area contributed by atoms with Crippen molar-refractivity contribution >= 4 is 202 Å². The van der Waals surface area contributed by atoms with Crippen molar-refractivity contribution < 1.29 is 76.9 Å². The molecule has 0 bridgehead atoms. The summed E-state index contributed by atoms with van der Waals surface area (Å²) in [5, 5.41) is 27.1. The number of nitrogens with zero attached hydrogens (tertiary/aromatic N) is 4. The number of carbonyl (C=O) groups is 4. The molecule has 12 aromatic carbocycles. The van der Waals surface area contributed by atoms with Crippen LogP contribution in [-0.2, 0) is 52.3 Å². The van der Waals surface area contributed by atoms with Gasteiger partial charge in [0.1, 0.15) is 42.2 Å². The first-order chi connectivity index (χ1) is 71.5. The zero-order valence-electron chi connectivity index (χ0n) is 85.2. The Labute approximate surface area is 973 Å². The molecule has 6 heterocycles. The lowest BCUT2D eigenvalue weighted by molar-refractivity contribution is -0.191. The number of morpholine rings is 5. The maximum Gasteiger partial charge on any atom is 0.410 e. The Balaban J connectivity index is 0.000000207. The quantitative estimate of drug-likeness (QED) is 0.0333. The summed E-state index contributed by atoms with van der Waals surface area (Å²) >= 11 is 33.4. The smallest absolute Gasteiger partial charge is 0.410 e. The van der Waals surface area contributed by atoms with Crippen molar-refractivity contribution in [3.63, 3.8) is 0 Å². The van der Waals surface area contributed by atoms with Crippen LogP contribution >= 0.6 is 172 Å². The molecule has 0 unspecified atom stereocenters. The Morgan fingerprint density at radius 2 is 0.713 bits per heavy atom.